The van der Waals surface area contributed by atoms with Crippen molar-refractivity contribution in [3.05, 3.63) is 63.6 Å². The van der Waals surface area contributed by atoms with Crippen molar-refractivity contribution in [1.82, 2.24) is 5.32 Å². The summed E-state index contributed by atoms with van der Waals surface area (Å²) in [5.41, 5.74) is 9.29. The zero-order valence-electron chi connectivity index (χ0n) is 12.2. The number of aryl methyl sites for hydroxylation is 1. The molecule has 1 atom stereocenters. The highest BCUT2D eigenvalue weighted by molar-refractivity contribution is 9.10. The van der Waals surface area contributed by atoms with E-state index in [-0.39, 0.29) is 11.9 Å². The minimum atomic E-state index is -0.0943. The molecular formula is C17H19BrN2O. The number of hydrogen-bond acceptors (Lipinski definition) is 2. The summed E-state index contributed by atoms with van der Waals surface area (Å²) in [4.78, 5) is 12.3. The van der Waals surface area contributed by atoms with Crippen molar-refractivity contribution in [3.8, 4) is 0 Å². The maximum absolute atomic E-state index is 12.3. The van der Waals surface area contributed by atoms with Gasteiger partial charge in [0.2, 0.25) is 0 Å². The molecule has 0 bridgehead atoms. The summed E-state index contributed by atoms with van der Waals surface area (Å²) in [6.07, 6.45) is 0.838. The van der Waals surface area contributed by atoms with Gasteiger partial charge in [0.15, 0.2) is 0 Å². The SMILES string of the molecule is CCC(NC(=O)c1ccc(N)c(Br)c1)c1ccc(C)cc1. The van der Waals surface area contributed by atoms with Crippen LogP contribution in [0.3, 0.4) is 0 Å². The van der Waals surface area contributed by atoms with Gasteiger partial charge < -0.3 is 11.1 Å². The largest absolute Gasteiger partial charge is 0.398 e. The van der Waals surface area contributed by atoms with Gasteiger partial charge in [0.25, 0.3) is 5.91 Å². The molecule has 0 saturated heterocycles. The van der Waals surface area contributed by atoms with E-state index in [1.54, 1.807) is 18.2 Å². The fourth-order valence-corrected chi connectivity index (χ4v) is 2.51. The quantitative estimate of drug-likeness (QED) is 0.814. The molecule has 0 aliphatic rings. The lowest BCUT2D eigenvalue weighted by Crippen LogP contribution is -2.28. The second-order valence-electron chi connectivity index (χ2n) is 5.08. The number of benzene rings is 2. The van der Waals surface area contributed by atoms with Gasteiger partial charge in [-0.25, -0.2) is 0 Å². The van der Waals surface area contributed by atoms with Crippen LogP contribution in [0.5, 0.6) is 0 Å². The van der Waals surface area contributed by atoms with E-state index in [1.165, 1.54) is 5.56 Å². The van der Waals surface area contributed by atoms with E-state index in [0.717, 1.165) is 16.5 Å². The normalized spacial score (nSPS) is 12.0. The smallest absolute Gasteiger partial charge is 0.251 e. The van der Waals surface area contributed by atoms with Crippen LogP contribution in [0.2, 0.25) is 0 Å². The number of carbonyl (C=O) groups is 1. The van der Waals surface area contributed by atoms with Gasteiger partial charge in [-0.05, 0) is 53.0 Å². The monoisotopic (exact) mass is 346 g/mol. The Balaban J connectivity index is 2.15. The molecule has 0 saturated carbocycles. The molecule has 21 heavy (non-hydrogen) atoms. The van der Waals surface area contributed by atoms with E-state index in [9.17, 15) is 4.79 Å². The number of carbonyl (C=O) groups excluding carboxylic acids is 1. The Morgan fingerprint density at radius 3 is 2.48 bits per heavy atom. The zero-order valence-corrected chi connectivity index (χ0v) is 13.8. The van der Waals surface area contributed by atoms with Crippen molar-refractivity contribution >= 4 is 27.5 Å². The van der Waals surface area contributed by atoms with Crippen molar-refractivity contribution in [2.75, 3.05) is 5.73 Å². The minimum Gasteiger partial charge on any atom is -0.398 e. The highest BCUT2D eigenvalue weighted by atomic mass is 79.9. The van der Waals surface area contributed by atoms with Gasteiger partial charge >= 0.3 is 0 Å². The van der Waals surface area contributed by atoms with Gasteiger partial charge in [-0.2, -0.15) is 0 Å². The van der Waals surface area contributed by atoms with E-state index >= 15 is 0 Å². The molecule has 2 aromatic rings. The maximum atomic E-state index is 12.3. The van der Waals surface area contributed by atoms with Crippen molar-refractivity contribution in [2.45, 2.75) is 26.3 Å². The zero-order chi connectivity index (χ0) is 15.4. The lowest BCUT2D eigenvalue weighted by molar-refractivity contribution is 0.0935. The van der Waals surface area contributed by atoms with Crippen molar-refractivity contribution < 1.29 is 4.79 Å². The van der Waals surface area contributed by atoms with E-state index in [4.69, 9.17) is 5.73 Å². The highest BCUT2D eigenvalue weighted by Gasteiger charge is 2.14. The Bertz CT molecular complexity index is 638. The molecule has 1 unspecified atom stereocenters. The van der Waals surface area contributed by atoms with Crippen LogP contribution < -0.4 is 11.1 Å². The van der Waals surface area contributed by atoms with Crippen LogP contribution in [0.1, 0.15) is 40.9 Å². The first-order valence-corrected chi connectivity index (χ1v) is 7.73. The van der Waals surface area contributed by atoms with E-state index in [0.29, 0.717) is 11.3 Å². The lowest BCUT2D eigenvalue weighted by atomic mass is 10.0. The number of anilines is 1. The Morgan fingerprint density at radius 1 is 1.24 bits per heavy atom. The predicted molar refractivity (Wildman–Crippen MR) is 90.2 cm³/mol. The van der Waals surface area contributed by atoms with Gasteiger partial charge in [-0.1, -0.05) is 36.8 Å². The fourth-order valence-electron chi connectivity index (χ4n) is 2.13. The molecule has 0 spiro atoms. The molecule has 4 heteroatoms. The summed E-state index contributed by atoms with van der Waals surface area (Å²) in [5, 5.41) is 3.06. The van der Waals surface area contributed by atoms with Crippen LogP contribution >= 0.6 is 15.9 Å². The van der Waals surface area contributed by atoms with Crippen LogP contribution in [0.25, 0.3) is 0 Å². The van der Waals surface area contributed by atoms with E-state index < -0.39 is 0 Å². The van der Waals surface area contributed by atoms with Crippen LogP contribution in [0, 0.1) is 6.92 Å². The first kappa shape index (κ1) is 15.6. The fraction of sp³-hybridized carbons (Fsp3) is 0.235. The molecule has 0 fully saturated rings. The van der Waals surface area contributed by atoms with Gasteiger partial charge in [0.1, 0.15) is 0 Å². The summed E-state index contributed by atoms with van der Waals surface area (Å²) < 4.78 is 0.735. The Morgan fingerprint density at radius 2 is 1.90 bits per heavy atom. The number of rotatable bonds is 4. The van der Waals surface area contributed by atoms with Crippen LogP contribution in [0.15, 0.2) is 46.9 Å². The molecule has 110 valence electrons. The standard InChI is InChI=1S/C17H19BrN2O/c1-3-16(12-6-4-11(2)5-7-12)20-17(21)13-8-9-15(19)14(18)10-13/h4-10,16H,3,19H2,1-2H3,(H,20,21). The number of nitrogens with one attached hydrogen (secondary N) is 1. The summed E-state index contributed by atoms with van der Waals surface area (Å²) >= 11 is 3.35. The molecule has 0 aliphatic carbocycles. The topological polar surface area (TPSA) is 55.1 Å². The van der Waals surface area contributed by atoms with Crippen LogP contribution in [-0.4, -0.2) is 5.91 Å². The average molecular weight is 347 g/mol. The summed E-state index contributed by atoms with van der Waals surface area (Å²) in [5.74, 6) is -0.0943. The predicted octanol–water partition coefficient (Wildman–Crippen LogP) is 4.22. The molecule has 3 nitrogen and oxygen atoms in total. The second-order valence-corrected chi connectivity index (χ2v) is 5.94. The Kier molecular flexibility index (Phi) is 5.02. The maximum Gasteiger partial charge on any atom is 0.251 e. The second kappa shape index (κ2) is 6.76. The molecule has 0 aliphatic heterocycles. The van der Waals surface area contributed by atoms with Crippen molar-refractivity contribution in [1.29, 1.82) is 0 Å². The first-order valence-electron chi connectivity index (χ1n) is 6.93. The van der Waals surface area contributed by atoms with Crippen LogP contribution in [-0.2, 0) is 0 Å². The molecule has 3 N–H and O–H groups in total. The Hall–Kier alpha value is -1.81. The van der Waals surface area contributed by atoms with E-state index in [1.807, 2.05) is 0 Å². The van der Waals surface area contributed by atoms with Crippen molar-refractivity contribution in [3.63, 3.8) is 0 Å². The van der Waals surface area contributed by atoms with Gasteiger partial charge in [-0.15, -0.1) is 0 Å². The van der Waals surface area contributed by atoms with Gasteiger partial charge in [-0.3, -0.25) is 4.79 Å². The summed E-state index contributed by atoms with van der Waals surface area (Å²) in [6, 6.07) is 13.4. The molecule has 1 amide bonds. The number of hydrogen-bond donors (Lipinski definition) is 2. The average Bonchev–Trinajstić information content (AvgIpc) is 2.48. The first-order chi connectivity index (χ1) is 10.0. The summed E-state index contributed by atoms with van der Waals surface area (Å²) in [7, 11) is 0. The third kappa shape index (κ3) is 3.85. The number of amides is 1. The Labute approximate surface area is 133 Å². The van der Waals surface area contributed by atoms with Gasteiger partial charge in [0, 0.05) is 15.7 Å². The number of halogens is 1. The third-order valence-electron chi connectivity index (χ3n) is 3.46. The molecule has 0 heterocycles. The van der Waals surface area contributed by atoms with Crippen LogP contribution in [0.4, 0.5) is 5.69 Å². The lowest BCUT2D eigenvalue weighted by Gasteiger charge is -2.18. The molecule has 0 radical (unpaired) electrons. The van der Waals surface area contributed by atoms with E-state index in [2.05, 4.69) is 59.4 Å². The molecular weight excluding hydrogens is 328 g/mol. The molecule has 2 rings (SSSR count). The van der Waals surface area contributed by atoms with Gasteiger partial charge in [0.05, 0.1) is 6.04 Å². The highest BCUT2D eigenvalue weighted by Crippen LogP contribution is 2.22. The summed E-state index contributed by atoms with van der Waals surface area (Å²) in [6.45, 7) is 4.11. The van der Waals surface area contributed by atoms with Crippen molar-refractivity contribution in [2.24, 2.45) is 0 Å². The molecule has 2 aromatic carbocycles. The molecule has 0 aromatic heterocycles. The third-order valence-corrected chi connectivity index (χ3v) is 4.14. The minimum absolute atomic E-state index is 0.00873. The number of nitrogens with two attached hydrogens (primary N) is 1. The number of nitrogen functional groups attached to an aromatic ring is 1.